The lowest BCUT2D eigenvalue weighted by molar-refractivity contribution is -0.123. The van der Waals surface area contributed by atoms with E-state index >= 15 is 0 Å². The van der Waals surface area contributed by atoms with E-state index in [0.29, 0.717) is 18.4 Å². The summed E-state index contributed by atoms with van der Waals surface area (Å²) in [6, 6.07) is 0.356. The number of hydrogen-bond acceptors (Lipinski definition) is 2. The monoisotopic (exact) mass is 184 g/mol. The summed E-state index contributed by atoms with van der Waals surface area (Å²) in [5.74, 6) is 1.47. The molecule has 1 saturated carbocycles. The molecule has 0 bridgehead atoms. The van der Waals surface area contributed by atoms with E-state index in [1.165, 1.54) is 0 Å². The lowest BCUT2D eigenvalue weighted by Crippen LogP contribution is -2.50. The molecule has 3 N–H and O–H groups in total. The van der Waals surface area contributed by atoms with Crippen LogP contribution in [0.5, 0.6) is 0 Å². The van der Waals surface area contributed by atoms with Crippen LogP contribution < -0.4 is 11.1 Å². The quantitative estimate of drug-likeness (QED) is 0.684. The molecule has 1 rings (SSSR count). The molecule has 0 aromatic heterocycles. The fourth-order valence-electron chi connectivity index (χ4n) is 1.78. The van der Waals surface area contributed by atoms with Crippen LogP contribution in [0.4, 0.5) is 0 Å². The van der Waals surface area contributed by atoms with Gasteiger partial charge in [0.25, 0.3) is 0 Å². The average molecular weight is 184 g/mol. The Morgan fingerprint density at radius 3 is 2.62 bits per heavy atom. The number of nitrogens with two attached hydrogens (primary N) is 1. The van der Waals surface area contributed by atoms with Crippen molar-refractivity contribution < 1.29 is 4.79 Å². The van der Waals surface area contributed by atoms with Gasteiger partial charge in [0.05, 0.1) is 0 Å². The van der Waals surface area contributed by atoms with Gasteiger partial charge < -0.3 is 11.1 Å². The first-order valence-electron chi connectivity index (χ1n) is 5.05. The Labute approximate surface area is 80.1 Å². The Morgan fingerprint density at radius 2 is 2.23 bits per heavy atom. The fourth-order valence-corrected chi connectivity index (χ4v) is 1.78. The maximum Gasteiger partial charge on any atom is 0.221 e. The van der Waals surface area contributed by atoms with Gasteiger partial charge >= 0.3 is 0 Å². The van der Waals surface area contributed by atoms with Gasteiger partial charge in [-0.05, 0) is 25.2 Å². The van der Waals surface area contributed by atoms with Gasteiger partial charge in [-0.15, -0.1) is 0 Å². The van der Waals surface area contributed by atoms with Crippen LogP contribution in [-0.4, -0.2) is 18.0 Å². The standard InChI is InChI=1S/C10H20N2O/c1-6-4-9(8(6)3)12-10(13)5-7(2)11/h6-9H,4-5,11H2,1-3H3,(H,12,13). The first-order chi connectivity index (χ1) is 6.00. The van der Waals surface area contributed by atoms with Crippen molar-refractivity contribution in [2.45, 2.75) is 45.7 Å². The van der Waals surface area contributed by atoms with Crippen molar-refractivity contribution in [1.82, 2.24) is 5.32 Å². The second kappa shape index (κ2) is 4.09. The predicted octanol–water partition coefficient (Wildman–Crippen LogP) is 0.884. The molecule has 0 heterocycles. The zero-order valence-corrected chi connectivity index (χ0v) is 8.71. The van der Waals surface area contributed by atoms with Crippen LogP contribution in [0, 0.1) is 11.8 Å². The molecule has 3 heteroatoms. The molecular formula is C10H20N2O. The van der Waals surface area contributed by atoms with Crippen molar-refractivity contribution in [3.8, 4) is 0 Å². The zero-order valence-electron chi connectivity index (χ0n) is 8.71. The van der Waals surface area contributed by atoms with E-state index in [1.54, 1.807) is 0 Å². The molecule has 1 aliphatic carbocycles. The maximum absolute atomic E-state index is 11.3. The van der Waals surface area contributed by atoms with Gasteiger partial charge in [0, 0.05) is 18.5 Å². The summed E-state index contributed by atoms with van der Waals surface area (Å²) in [5, 5.41) is 3.01. The largest absolute Gasteiger partial charge is 0.353 e. The van der Waals surface area contributed by atoms with Crippen molar-refractivity contribution in [2.75, 3.05) is 0 Å². The first-order valence-corrected chi connectivity index (χ1v) is 5.05. The van der Waals surface area contributed by atoms with Crippen molar-refractivity contribution in [1.29, 1.82) is 0 Å². The molecule has 0 saturated heterocycles. The SMILES string of the molecule is CC(N)CC(=O)NC1CC(C)C1C. The van der Waals surface area contributed by atoms with E-state index in [4.69, 9.17) is 5.73 Å². The molecule has 0 radical (unpaired) electrons. The second-order valence-electron chi connectivity index (χ2n) is 4.43. The van der Waals surface area contributed by atoms with E-state index in [1.807, 2.05) is 6.92 Å². The highest BCUT2D eigenvalue weighted by Crippen LogP contribution is 2.33. The van der Waals surface area contributed by atoms with E-state index in [2.05, 4.69) is 19.2 Å². The van der Waals surface area contributed by atoms with Gasteiger partial charge in [0.1, 0.15) is 0 Å². The Bertz CT molecular complexity index is 191. The average Bonchev–Trinajstić information content (AvgIpc) is 2.02. The van der Waals surface area contributed by atoms with Crippen LogP contribution >= 0.6 is 0 Å². The highest BCUT2D eigenvalue weighted by Gasteiger charge is 2.35. The molecule has 1 aliphatic rings. The summed E-state index contributed by atoms with van der Waals surface area (Å²) >= 11 is 0. The van der Waals surface area contributed by atoms with Gasteiger partial charge in [0.2, 0.25) is 5.91 Å². The van der Waals surface area contributed by atoms with Gasteiger partial charge in [0.15, 0.2) is 0 Å². The van der Waals surface area contributed by atoms with Gasteiger partial charge in [-0.2, -0.15) is 0 Å². The number of amides is 1. The van der Waals surface area contributed by atoms with Crippen LogP contribution in [-0.2, 0) is 4.79 Å². The normalized spacial score (nSPS) is 34.9. The van der Waals surface area contributed by atoms with E-state index in [0.717, 1.165) is 12.3 Å². The van der Waals surface area contributed by atoms with Crippen molar-refractivity contribution in [3.63, 3.8) is 0 Å². The third kappa shape index (κ3) is 2.69. The Kier molecular flexibility index (Phi) is 3.31. The molecule has 4 atom stereocenters. The molecule has 1 amide bonds. The third-order valence-electron chi connectivity index (χ3n) is 3.01. The summed E-state index contributed by atoms with van der Waals surface area (Å²) < 4.78 is 0. The van der Waals surface area contributed by atoms with Gasteiger partial charge in [-0.25, -0.2) is 0 Å². The van der Waals surface area contributed by atoms with Crippen LogP contribution in [0.25, 0.3) is 0 Å². The summed E-state index contributed by atoms with van der Waals surface area (Å²) in [6.07, 6.45) is 1.56. The summed E-state index contributed by atoms with van der Waals surface area (Å²) in [4.78, 5) is 11.3. The number of hydrogen-bond donors (Lipinski definition) is 2. The molecule has 0 aromatic rings. The summed E-state index contributed by atoms with van der Waals surface area (Å²) in [7, 11) is 0. The van der Waals surface area contributed by atoms with E-state index in [-0.39, 0.29) is 11.9 Å². The fraction of sp³-hybridized carbons (Fsp3) is 0.900. The molecule has 4 unspecified atom stereocenters. The number of rotatable bonds is 3. The molecule has 13 heavy (non-hydrogen) atoms. The highest BCUT2D eigenvalue weighted by molar-refractivity contribution is 5.76. The number of nitrogens with one attached hydrogen (secondary N) is 1. The minimum absolute atomic E-state index is 0.0344. The Hall–Kier alpha value is -0.570. The molecule has 3 nitrogen and oxygen atoms in total. The smallest absolute Gasteiger partial charge is 0.221 e. The van der Waals surface area contributed by atoms with E-state index in [9.17, 15) is 4.79 Å². The van der Waals surface area contributed by atoms with Crippen molar-refractivity contribution in [2.24, 2.45) is 17.6 Å². The molecular weight excluding hydrogens is 164 g/mol. The molecule has 0 aromatic carbocycles. The van der Waals surface area contributed by atoms with Crippen molar-refractivity contribution in [3.05, 3.63) is 0 Å². The Morgan fingerprint density at radius 1 is 1.62 bits per heavy atom. The molecule has 76 valence electrons. The zero-order chi connectivity index (χ0) is 10.0. The molecule has 0 spiro atoms. The van der Waals surface area contributed by atoms with Crippen molar-refractivity contribution >= 4 is 5.91 Å². The minimum Gasteiger partial charge on any atom is -0.353 e. The van der Waals surface area contributed by atoms with Gasteiger partial charge in [-0.1, -0.05) is 13.8 Å². The van der Waals surface area contributed by atoms with Crippen LogP contribution in [0.15, 0.2) is 0 Å². The lowest BCUT2D eigenvalue weighted by Gasteiger charge is -2.41. The second-order valence-corrected chi connectivity index (χ2v) is 4.43. The highest BCUT2D eigenvalue weighted by atomic mass is 16.1. The summed E-state index contributed by atoms with van der Waals surface area (Å²) in [6.45, 7) is 6.26. The topological polar surface area (TPSA) is 55.1 Å². The maximum atomic E-state index is 11.3. The number of carbonyl (C=O) groups excluding carboxylic acids is 1. The molecule has 0 aliphatic heterocycles. The van der Waals surface area contributed by atoms with Crippen LogP contribution in [0.2, 0.25) is 0 Å². The predicted molar refractivity (Wildman–Crippen MR) is 53.1 cm³/mol. The lowest BCUT2D eigenvalue weighted by atomic mass is 9.71. The van der Waals surface area contributed by atoms with Crippen LogP contribution in [0.1, 0.15) is 33.6 Å². The summed E-state index contributed by atoms with van der Waals surface area (Å²) in [5.41, 5.74) is 5.53. The van der Waals surface area contributed by atoms with E-state index < -0.39 is 0 Å². The van der Waals surface area contributed by atoms with Gasteiger partial charge in [-0.3, -0.25) is 4.79 Å². The Balaban J connectivity index is 2.22. The minimum atomic E-state index is -0.0344. The number of carbonyl (C=O) groups is 1. The third-order valence-corrected chi connectivity index (χ3v) is 3.01. The van der Waals surface area contributed by atoms with Crippen LogP contribution in [0.3, 0.4) is 0 Å². The molecule has 1 fully saturated rings. The first kappa shape index (κ1) is 10.5.